The Morgan fingerprint density at radius 3 is 2.52 bits per heavy atom. The first-order valence-electron chi connectivity index (χ1n) is 8.50. The molecule has 0 saturated heterocycles. The molecule has 0 atom stereocenters. The molecule has 5 heteroatoms. The zero-order chi connectivity index (χ0) is 17.8. The molecule has 2 aromatic carbocycles. The Hall–Kier alpha value is -2.53. The minimum Gasteiger partial charge on any atom is -0.497 e. The molecule has 1 N–H and O–H groups in total. The summed E-state index contributed by atoms with van der Waals surface area (Å²) in [4.78, 5) is 15.8. The summed E-state index contributed by atoms with van der Waals surface area (Å²) in [6.45, 7) is 2.91. The number of urea groups is 1. The van der Waals surface area contributed by atoms with Crippen LogP contribution in [0.1, 0.15) is 16.7 Å². The fourth-order valence-electron chi connectivity index (χ4n) is 3.02. The van der Waals surface area contributed by atoms with Gasteiger partial charge in [0.2, 0.25) is 0 Å². The molecule has 0 radical (unpaired) electrons. The summed E-state index contributed by atoms with van der Waals surface area (Å²) in [5, 5.41) is 2.91. The summed E-state index contributed by atoms with van der Waals surface area (Å²) in [6.07, 6.45) is 1.02. The van der Waals surface area contributed by atoms with Crippen molar-refractivity contribution in [1.82, 2.24) is 9.80 Å². The predicted molar refractivity (Wildman–Crippen MR) is 100.0 cm³/mol. The maximum absolute atomic E-state index is 11.8. The average Bonchev–Trinajstić information content (AvgIpc) is 3.02. The molecule has 0 fully saturated rings. The second-order valence-corrected chi connectivity index (χ2v) is 6.62. The lowest BCUT2D eigenvalue weighted by molar-refractivity contribution is 0.230. The van der Waals surface area contributed by atoms with Crippen LogP contribution < -0.4 is 10.1 Å². The van der Waals surface area contributed by atoms with Gasteiger partial charge >= 0.3 is 6.03 Å². The molecule has 132 valence electrons. The average molecular weight is 339 g/mol. The monoisotopic (exact) mass is 339 g/mol. The molecular weight excluding hydrogens is 314 g/mol. The van der Waals surface area contributed by atoms with E-state index in [1.54, 1.807) is 21.2 Å². The summed E-state index contributed by atoms with van der Waals surface area (Å²) in [7, 11) is 5.17. The standard InChI is InChI=1S/C20H25N3O2/c1-22(2)20(24)21-18-7-6-16-13-23(14-17(16)12-18)11-10-15-4-8-19(25-3)9-5-15/h4-9,12H,10-11,13-14H2,1-3H3,(H,21,24). The number of carbonyl (C=O) groups is 1. The van der Waals surface area contributed by atoms with Gasteiger partial charge in [-0.15, -0.1) is 0 Å². The van der Waals surface area contributed by atoms with Crippen LogP contribution >= 0.6 is 0 Å². The first-order chi connectivity index (χ1) is 12.0. The third-order valence-corrected chi connectivity index (χ3v) is 4.53. The molecule has 0 aromatic heterocycles. The van der Waals surface area contributed by atoms with Gasteiger partial charge in [-0.25, -0.2) is 4.79 Å². The van der Waals surface area contributed by atoms with Crippen molar-refractivity contribution in [2.24, 2.45) is 0 Å². The Morgan fingerprint density at radius 1 is 1.12 bits per heavy atom. The number of fused-ring (bicyclic) bond motifs is 1. The summed E-state index contributed by atoms with van der Waals surface area (Å²) >= 11 is 0. The highest BCUT2D eigenvalue weighted by molar-refractivity contribution is 5.89. The predicted octanol–water partition coefficient (Wildman–Crippen LogP) is 3.35. The number of anilines is 1. The number of ether oxygens (including phenoxy) is 1. The Balaban J connectivity index is 1.56. The van der Waals surface area contributed by atoms with Crippen LogP contribution in [0.25, 0.3) is 0 Å². The van der Waals surface area contributed by atoms with E-state index in [0.717, 1.165) is 37.5 Å². The number of hydrogen-bond acceptors (Lipinski definition) is 3. The summed E-state index contributed by atoms with van der Waals surface area (Å²) in [6, 6.07) is 14.3. The summed E-state index contributed by atoms with van der Waals surface area (Å²) < 4.78 is 5.20. The molecule has 3 rings (SSSR count). The van der Waals surface area contributed by atoms with Crippen molar-refractivity contribution in [3.05, 3.63) is 59.2 Å². The SMILES string of the molecule is COc1ccc(CCN2Cc3ccc(NC(=O)N(C)C)cc3C2)cc1. The van der Waals surface area contributed by atoms with E-state index in [-0.39, 0.29) is 6.03 Å². The molecule has 0 spiro atoms. The van der Waals surface area contributed by atoms with E-state index in [4.69, 9.17) is 4.74 Å². The smallest absolute Gasteiger partial charge is 0.321 e. The molecule has 0 unspecified atom stereocenters. The normalized spacial score (nSPS) is 13.4. The van der Waals surface area contributed by atoms with E-state index in [9.17, 15) is 4.79 Å². The number of benzene rings is 2. The van der Waals surface area contributed by atoms with Gasteiger partial charge in [0.1, 0.15) is 5.75 Å². The van der Waals surface area contributed by atoms with Crippen LogP contribution in [0, 0.1) is 0 Å². The Kier molecular flexibility index (Phi) is 5.24. The van der Waals surface area contributed by atoms with Gasteiger partial charge in [-0.3, -0.25) is 4.90 Å². The minimum atomic E-state index is -0.102. The molecule has 0 bridgehead atoms. The third-order valence-electron chi connectivity index (χ3n) is 4.53. The number of rotatable bonds is 5. The molecule has 1 aliphatic rings. The van der Waals surface area contributed by atoms with Crippen molar-refractivity contribution in [2.45, 2.75) is 19.5 Å². The van der Waals surface area contributed by atoms with Crippen molar-refractivity contribution in [3.63, 3.8) is 0 Å². The van der Waals surface area contributed by atoms with Crippen LogP contribution in [0.4, 0.5) is 10.5 Å². The molecule has 1 aliphatic heterocycles. The van der Waals surface area contributed by atoms with Crippen LogP contribution in [-0.4, -0.2) is 43.6 Å². The number of nitrogens with one attached hydrogen (secondary N) is 1. The highest BCUT2D eigenvalue weighted by Gasteiger charge is 2.19. The van der Waals surface area contributed by atoms with E-state index in [2.05, 4.69) is 34.5 Å². The molecule has 25 heavy (non-hydrogen) atoms. The highest BCUT2D eigenvalue weighted by Crippen LogP contribution is 2.26. The van der Waals surface area contributed by atoms with Crippen LogP contribution in [0.5, 0.6) is 5.75 Å². The molecule has 0 saturated carbocycles. The van der Waals surface area contributed by atoms with Gasteiger partial charge in [-0.05, 0) is 47.4 Å². The highest BCUT2D eigenvalue weighted by atomic mass is 16.5. The van der Waals surface area contributed by atoms with E-state index < -0.39 is 0 Å². The second-order valence-electron chi connectivity index (χ2n) is 6.62. The maximum atomic E-state index is 11.8. The molecule has 0 aliphatic carbocycles. The fourth-order valence-corrected chi connectivity index (χ4v) is 3.02. The zero-order valence-corrected chi connectivity index (χ0v) is 15.1. The van der Waals surface area contributed by atoms with E-state index in [1.165, 1.54) is 21.6 Å². The number of nitrogens with zero attached hydrogens (tertiary/aromatic N) is 2. The Bertz CT molecular complexity index is 741. The lowest BCUT2D eigenvalue weighted by atomic mass is 10.1. The molecule has 2 amide bonds. The van der Waals surface area contributed by atoms with Crippen molar-refractivity contribution in [3.8, 4) is 5.75 Å². The number of hydrogen-bond donors (Lipinski definition) is 1. The Labute approximate surface area is 149 Å². The van der Waals surface area contributed by atoms with Gasteiger partial charge in [0.05, 0.1) is 7.11 Å². The van der Waals surface area contributed by atoms with Gasteiger partial charge in [-0.2, -0.15) is 0 Å². The quantitative estimate of drug-likeness (QED) is 0.909. The minimum absolute atomic E-state index is 0.102. The van der Waals surface area contributed by atoms with E-state index in [1.807, 2.05) is 18.2 Å². The van der Waals surface area contributed by atoms with E-state index in [0.29, 0.717) is 0 Å². The van der Waals surface area contributed by atoms with Crippen molar-refractivity contribution in [2.75, 3.05) is 33.1 Å². The maximum Gasteiger partial charge on any atom is 0.321 e. The number of methoxy groups -OCH3 is 1. The lowest BCUT2D eigenvalue weighted by Crippen LogP contribution is -2.27. The number of amides is 2. The lowest BCUT2D eigenvalue weighted by Gasteiger charge is -2.14. The van der Waals surface area contributed by atoms with Gasteiger partial charge in [0, 0.05) is 39.4 Å². The molecule has 1 heterocycles. The topological polar surface area (TPSA) is 44.8 Å². The van der Waals surface area contributed by atoms with Gasteiger partial charge in [0.15, 0.2) is 0 Å². The van der Waals surface area contributed by atoms with Gasteiger partial charge in [0.25, 0.3) is 0 Å². The summed E-state index contributed by atoms with van der Waals surface area (Å²) in [5.74, 6) is 0.893. The summed E-state index contributed by atoms with van der Waals surface area (Å²) in [5.41, 5.74) is 4.81. The van der Waals surface area contributed by atoms with Crippen LogP contribution in [0.15, 0.2) is 42.5 Å². The fraction of sp³-hybridized carbons (Fsp3) is 0.350. The van der Waals surface area contributed by atoms with Crippen molar-refractivity contribution >= 4 is 11.7 Å². The molecular formula is C20H25N3O2. The second kappa shape index (κ2) is 7.57. The first kappa shape index (κ1) is 17.3. The van der Waals surface area contributed by atoms with Crippen LogP contribution in [0.2, 0.25) is 0 Å². The van der Waals surface area contributed by atoms with Crippen LogP contribution in [0.3, 0.4) is 0 Å². The third kappa shape index (κ3) is 4.31. The number of carbonyl (C=O) groups excluding carboxylic acids is 1. The Morgan fingerprint density at radius 2 is 1.84 bits per heavy atom. The van der Waals surface area contributed by atoms with Gasteiger partial charge < -0.3 is 15.0 Å². The van der Waals surface area contributed by atoms with Crippen LogP contribution in [-0.2, 0) is 19.5 Å². The molecule has 2 aromatic rings. The van der Waals surface area contributed by atoms with Crippen molar-refractivity contribution in [1.29, 1.82) is 0 Å². The largest absolute Gasteiger partial charge is 0.497 e. The molecule has 5 nitrogen and oxygen atoms in total. The van der Waals surface area contributed by atoms with Gasteiger partial charge in [-0.1, -0.05) is 18.2 Å². The van der Waals surface area contributed by atoms with E-state index >= 15 is 0 Å². The zero-order valence-electron chi connectivity index (χ0n) is 15.1. The van der Waals surface area contributed by atoms with Crippen molar-refractivity contribution < 1.29 is 9.53 Å². The first-order valence-corrected chi connectivity index (χ1v) is 8.50.